The van der Waals surface area contributed by atoms with Gasteiger partial charge in [-0.2, -0.15) is 0 Å². The summed E-state index contributed by atoms with van der Waals surface area (Å²) in [6.07, 6.45) is 0. The third kappa shape index (κ3) is 3.38. The molecule has 100 valence electrons. The van der Waals surface area contributed by atoms with Crippen molar-refractivity contribution < 1.29 is 4.74 Å². The number of rotatable bonds is 4. The predicted molar refractivity (Wildman–Crippen MR) is 79.1 cm³/mol. The summed E-state index contributed by atoms with van der Waals surface area (Å²) in [5.74, 6) is 0.756. The van der Waals surface area contributed by atoms with Gasteiger partial charge in [0.2, 0.25) is 0 Å². The highest BCUT2D eigenvalue weighted by Gasteiger charge is 2.13. The van der Waals surface area contributed by atoms with E-state index in [-0.39, 0.29) is 0 Å². The van der Waals surface area contributed by atoms with Crippen LogP contribution in [0.4, 0.5) is 5.69 Å². The fourth-order valence-corrected chi connectivity index (χ4v) is 2.25. The minimum atomic E-state index is 0.466. The van der Waals surface area contributed by atoms with E-state index in [0.29, 0.717) is 11.8 Å². The van der Waals surface area contributed by atoms with Crippen LogP contribution in [0.5, 0.6) is 5.75 Å². The molecule has 0 aliphatic rings. The molecule has 4 heteroatoms. The van der Waals surface area contributed by atoms with Gasteiger partial charge in [-0.1, -0.05) is 41.9 Å². The van der Waals surface area contributed by atoms with Gasteiger partial charge in [0.15, 0.2) is 5.15 Å². The van der Waals surface area contributed by atoms with Crippen molar-refractivity contribution in [3.63, 3.8) is 0 Å². The van der Waals surface area contributed by atoms with Crippen molar-refractivity contribution in [3.8, 4) is 5.75 Å². The molecule has 0 aliphatic carbocycles. The number of hydrogen-bond acceptors (Lipinski definition) is 3. The summed E-state index contributed by atoms with van der Waals surface area (Å²) in [6, 6.07) is 12.0. The SMILES string of the molecule is Cc1cc(OCc2ccccc2)c(N(C)C)c(Cl)n1. The minimum absolute atomic E-state index is 0.466. The van der Waals surface area contributed by atoms with Crippen molar-refractivity contribution in [2.45, 2.75) is 13.5 Å². The molecule has 1 aromatic heterocycles. The Morgan fingerprint density at radius 3 is 2.53 bits per heavy atom. The molecular weight excluding hydrogens is 260 g/mol. The number of ether oxygens (including phenoxy) is 1. The molecule has 2 rings (SSSR count). The van der Waals surface area contributed by atoms with Gasteiger partial charge in [0.05, 0.1) is 0 Å². The van der Waals surface area contributed by atoms with E-state index in [1.165, 1.54) is 0 Å². The number of aromatic nitrogens is 1. The maximum atomic E-state index is 6.18. The highest BCUT2D eigenvalue weighted by molar-refractivity contribution is 6.32. The molecule has 0 fully saturated rings. The molecule has 2 aromatic rings. The summed E-state index contributed by atoms with van der Waals surface area (Å²) in [5.41, 5.74) is 2.78. The normalized spacial score (nSPS) is 10.3. The van der Waals surface area contributed by atoms with E-state index in [1.807, 2.05) is 62.3 Å². The lowest BCUT2D eigenvalue weighted by Gasteiger charge is -2.19. The largest absolute Gasteiger partial charge is 0.487 e. The summed E-state index contributed by atoms with van der Waals surface area (Å²) >= 11 is 6.18. The highest BCUT2D eigenvalue weighted by atomic mass is 35.5. The summed E-state index contributed by atoms with van der Waals surface area (Å²) < 4.78 is 5.88. The van der Waals surface area contributed by atoms with Crippen LogP contribution in [0.2, 0.25) is 5.15 Å². The standard InChI is InChI=1S/C15H17ClN2O/c1-11-9-13(14(18(2)3)15(16)17-11)19-10-12-7-5-4-6-8-12/h4-9H,10H2,1-3H3. The van der Waals surface area contributed by atoms with Crippen molar-refractivity contribution in [2.75, 3.05) is 19.0 Å². The summed E-state index contributed by atoms with van der Waals surface area (Å²) in [4.78, 5) is 6.17. The zero-order valence-corrected chi connectivity index (χ0v) is 12.1. The lowest BCUT2D eigenvalue weighted by Crippen LogP contribution is -2.12. The van der Waals surface area contributed by atoms with E-state index in [4.69, 9.17) is 16.3 Å². The summed E-state index contributed by atoms with van der Waals surface area (Å²) in [5, 5.41) is 0.466. The molecule has 0 N–H and O–H groups in total. The Balaban J connectivity index is 2.24. The molecule has 0 saturated carbocycles. The average molecular weight is 277 g/mol. The molecule has 0 bridgehead atoms. The fourth-order valence-electron chi connectivity index (χ4n) is 1.85. The topological polar surface area (TPSA) is 25.4 Å². The van der Waals surface area contributed by atoms with Gasteiger partial charge in [0.1, 0.15) is 18.0 Å². The van der Waals surface area contributed by atoms with Gasteiger partial charge in [-0.05, 0) is 12.5 Å². The third-order valence-electron chi connectivity index (χ3n) is 2.73. The van der Waals surface area contributed by atoms with Crippen LogP contribution in [0.15, 0.2) is 36.4 Å². The smallest absolute Gasteiger partial charge is 0.156 e. The van der Waals surface area contributed by atoms with Gasteiger partial charge in [0.25, 0.3) is 0 Å². The lowest BCUT2D eigenvalue weighted by molar-refractivity contribution is 0.306. The fraction of sp³-hybridized carbons (Fsp3) is 0.267. The number of hydrogen-bond donors (Lipinski definition) is 0. The van der Waals surface area contributed by atoms with Gasteiger partial charge in [-0.15, -0.1) is 0 Å². The molecular formula is C15H17ClN2O. The first-order chi connectivity index (χ1) is 9.08. The number of pyridine rings is 1. The van der Waals surface area contributed by atoms with E-state index in [1.54, 1.807) is 0 Å². The van der Waals surface area contributed by atoms with Crippen molar-refractivity contribution in [3.05, 3.63) is 52.8 Å². The van der Waals surface area contributed by atoms with Crippen LogP contribution in [0.1, 0.15) is 11.3 Å². The van der Waals surface area contributed by atoms with Gasteiger partial charge in [-0.25, -0.2) is 4.98 Å². The second-order valence-corrected chi connectivity index (χ2v) is 4.93. The molecule has 0 saturated heterocycles. The minimum Gasteiger partial charge on any atom is -0.487 e. The molecule has 0 unspecified atom stereocenters. The van der Waals surface area contributed by atoms with Crippen LogP contribution in [0, 0.1) is 6.92 Å². The Morgan fingerprint density at radius 2 is 1.89 bits per heavy atom. The number of nitrogens with zero attached hydrogens (tertiary/aromatic N) is 2. The van der Waals surface area contributed by atoms with Crippen LogP contribution < -0.4 is 9.64 Å². The molecule has 0 amide bonds. The molecule has 0 spiro atoms. The quantitative estimate of drug-likeness (QED) is 0.797. The average Bonchev–Trinajstić information content (AvgIpc) is 2.36. The molecule has 0 radical (unpaired) electrons. The number of halogens is 1. The highest BCUT2D eigenvalue weighted by Crippen LogP contribution is 2.34. The van der Waals surface area contributed by atoms with Gasteiger partial charge in [-0.3, -0.25) is 0 Å². The van der Waals surface area contributed by atoms with Gasteiger partial charge >= 0.3 is 0 Å². The second-order valence-electron chi connectivity index (χ2n) is 4.57. The van der Waals surface area contributed by atoms with Crippen LogP contribution in [-0.4, -0.2) is 19.1 Å². The van der Waals surface area contributed by atoms with E-state index >= 15 is 0 Å². The Morgan fingerprint density at radius 1 is 1.21 bits per heavy atom. The van der Waals surface area contributed by atoms with Crippen LogP contribution >= 0.6 is 11.6 Å². The molecule has 0 atom stereocenters. The Bertz CT molecular complexity index is 556. The summed E-state index contributed by atoms with van der Waals surface area (Å²) in [7, 11) is 3.85. The zero-order valence-electron chi connectivity index (χ0n) is 11.4. The van der Waals surface area contributed by atoms with Crippen molar-refractivity contribution >= 4 is 17.3 Å². The number of anilines is 1. The molecule has 19 heavy (non-hydrogen) atoms. The molecule has 3 nitrogen and oxygen atoms in total. The molecule has 1 aromatic carbocycles. The lowest BCUT2D eigenvalue weighted by atomic mass is 10.2. The monoisotopic (exact) mass is 276 g/mol. The Kier molecular flexibility index (Phi) is 4.27. The third-order valence-corrected chi connectivity index (χ3v) is 2.99. The first kappa shape index (κ1) is 13.7. The van der Waals surface area contributed by atoms with Gasteiger partial charge < -0.3 is 9.64 Å². The Hall–Kier alpha value is -1.74. The van der Waals surface area contributed by atoms with E-state index in [2.05, 4.69) is 4.98 Å². The number of aryl methyl sites for hydroxylation is 1. The molecule has 1 heterocycles. The molecule has 0 aliphatic heterocycles. The van der Waals surface area contributed by atoms with Crippen molar-refractivity contribution in [1.82, 2.24) is 4.98 Å². The van der Waals surface area contributed by atoms with E-state index in [0.717, 1.165) is 22.7 Å². The van der Waals surface area contributed by atoms with Crippen molar-refractivity contribution in [1.29, 1.82) is 0 Å². The first-order valence-electron chi connectivity index (χ1n) is 6.09. The van der Waals surface area contributed by atoms with E-state index < -0.39 is 0 Å². The maximum absolute atomic E-state index is 6.18. The van der Waals surface area contributed by atoms with E-state index in [9.17, 15) is 0 Å². The number of benzene rings is 1. The first-order valence-corrected chi connectivity index (χ1v) is 6.47. The maximum Gasteiger partial charge on any atom is 0.156 e. The zero-order chi connectivity index (χ0) is 13.8. The second kappa shape index (κ2) is 5.93. The van der Waals surface area contributed by atoms with Crippen LogP contribution in [0.25, 0.3) is 0 Å². The van der Waals surface area contributed by atoms with Crippen LogP contribution in [0.3, 0.4) is 0 Å². The summed E-state index contributed by atoms with van der Waals surface area (Å²) in [6.45, 7) is 2.42. The van der Waals surface area contributed by atoms with Gasteiger partial charge in [0, 0.05) is 25.9 Å². The van der Waals surface area contributed by atoms with Crippen LogP contribution in [-0.2, 0) is 6.61 Å². The van der Waals surface area contributed by atoms with Crippen molar-refractivity contribution in [2.24, 2.45) is 0 Å². The Labute approximate surface area is 118 Å². The predicted octanol–water partition coefficient (Wildman–Crippen LogP) is 3.69.